The SMILES string of the molecule is CCCCNC(N)=NCC(c1ccc(F)cc1)N1CCOCC1.I. The average molecular weight is 450 g/mol. The van der Waals surface area contributed by atoms with E-state index in [0.717, 1.165) is 38.0 Å². The molecule has 1 aliphatic rings. The first-order valence-corrected chi connectivity index (χ1v) is 8.31. The van der Waals surface area contributed by atoms with Crippen LogP contribution in [0.1, 0.15) is 31.4 Å². The highest BCUT2D eigenvalue weighted by Crippen LogP contribution is 2.22. The van der Waals surface area contributed by atoms with Gasteiger partial charge in [0.1, 0.15) is 5.82 Å². The van der Waals surface area contributed by atoms with Gasteiger partial charge in [-0.25, -0.2) is 4.39 Å². The maximum atomic E-state index is 13.2. The molecule has 0 aliphatic carbocycles. The van der Waals surface area contributed by atoms with Crippen molar-refractivity contribution in [2.45, 2.75) is 25.8 Å². The molecule has 24 heavy (non-hydrogen) atoms. The summed E-state index contributed by atoms with van der Waals surface area (Å²) in [4.78, 5) is 6.80. The number of nitrogens with zero attached hydrogens (tertiary/aromatic N) is 2. The Balaban J connectivity index is 0.00000288. The van der Waals surface area contributed by atoms with Crippen LogP contribution in [0.2, 0.25) is 0 Å². The van der Waals surface area contributed by atoms with E-state index in [1.54, 1.807) is 0 Å². The van der Waals surface area contributed by atoms with Gasteiger partial charge in [0.2, 0.25) is 0 Å². The summed E-state index contributed by atoms with van der Waals surface area (Å²) in [5, 5.41) is 3.13. The molecular weight excluding hydrogens is 422 g/mol. The number of nitrogens with two attached hydrogens (primary N) is 1. The van der Waals surface area contributed by atoms with Crippen molar-refractivity contribution in [3.8, 4) is 0 Å². The largest absolute Gasteiger partial charge is 0.379 e. The van der Waals surface area contributed by atoms with Crippen molar-refractivity contribution < 1.29 is 9.13 Å². The van der Waals surface area contributed by atoms with Crippen molar-refractivity contribution >= 4 is 29.9 Å². The summed E-state index contributed by atoms with van der Waals surface area (Å²) in [6, 6.07) is 6.73. The summed E-state index contributed by atoms with van der Waals surface area (Å²) in [6.45, 7) is 6.65. The number of benzene rings is 1. The van der Waals surface area contributed by atoms with Crippen LogP contribution < -0.4 is 11.1 Å². The minimum Gasteiger partial charge on any atom is -0.379 e. The topological polar surface area (TPSA) is 62.9 Å². The Kier molecular flexibility index (Phi) is 10.2. The van der Waals surface area contributed by atoms with E-state index >= 15 is 0 Å². The summed E-state index contributed by atoms with van der Waals surface area (Å²) in [6.07, 6.45) is 2.19. The minimum atomic E-state index is -0.223. The molecule has 136 valence electrons. The summed E-state index contributed by atoms with van der Waals surface area (Å²) in [7, 11) is 0. The number of aliphatic imine (C=N–C) groups is 1. The molecule has 0 saturated carbocycles. The van der Waals surface area contributed by atoms with E-state index in [9.17, 15) is 4.39 Å². The third kappa shape index (κ3) is 6.90. The minimum absolute atomic E-state index is 0. The summed E-state index contributed by atoms with van der Waals surface area (Å²) < 4.78 is 18.6. The monoisotopic (exact) mass is 450 g/mol. The third-order valence-electron chi connectivity index (χ3n) is 4.01. The molecule has 1 aromatic carbocycles. The first kappa shape index (κ1) is 21.1. The maximum absolute atomic E-state index is 13.2. The molecule has 7 heteroatoms. The van der Waals surface area contributed by atoms with E-state index in [2.05, 4.69) is 22.1 Å². The van der Waals surface area contributed by atoms with E-state index in [1.165, 1.54) is 12.1 Å². The van der Waals surface area contributed by atoms with Gasteiger partial charge in [-0.3, -0.25) is 9.89 Å². The highest BCUT2D eigenvalue weighted by molar-refractivity contribution is 14.0. The number of hydrogen-bond acceptors (Lipinski definition) is 3. The Morgan fingerprint density at radius 1 is 1.33 bits per heavy atom. The molecule has 0 bridgehead atoms. The van der Waals surface area contributed by atoms with Crippen LogP contribution in [0.3, 0.4) is 0 Å². The molecule has 1 saturated heterocycles. The highest BCUT2D eigenvalue weighted by Gasteiger charge is 2.22. The van der Waals surface area contributed by atoms with Crippen LogP contribution in [0, 0.1) is 5.82 Å². The lowest BCUT2D eigenvalue weighted by Gasteiger charge is -2.34. The van der Waals surface area contributed by atoms with Gasteiger partial charge in [0.25, 0.3) is 0 Å². The molecule has 1 atom stereocenters. The zero-order valence-corrected chi connectivity index (χ0v) is 16.5. The molecule has 2 rings (SSSR count). The second-order valence-electron chi connectivity index (χ2n) is 5.72. The zero-order chi connectivity index (χ0) is 16.5. The number of halogens is 2. The van der Waals surface area contributed by atoms with E-state index in [4.69, 9.17) is 10.5 Å². The highest BCUT2D eigenvalue weighted by atomic mass is 127. The summed E-state index contributed by atoms with van der Waals surface area (Å²) in [5.74, 6) is 0.248. The third-order valence-corrected chi connectivity index (χ3v) is 4.01. The molecule has 3 N–H and O–H groups in total. The fraction of sp³-hybridized carbons (Fsp3) is 0.588. The Morgan fingerprint density at radius 3 is 2.62 bits per heavy atom. The van der Waals surface area contributed by atoms with Crippen molar-refractivity contribution in [2.75, 3.05) is 39.4 Å². The van der Waals surface area contributed by atoms with Gasteiger partial charge in [-0.05, 0) is 24.1 Å². The quantitative estimate of drug-likeness (QED) is 0.290. The van der Waals surface area contributed by atoms with Gasteiger partial charge in [-0.15, -0.1) is 24.0 Å². The first-order valence-electron chi connectivity index (χ1n) is 8.31. The lowest BCUT2D eigenvalue weighted by Crippen LogP contribution is -2.41. The fourth-order valence-corrected chi connectivity index (χ4v) is 2.64. The van der Waals surface area contributed by atoms with Crippen molar-refractivity contribution in [2.24, 2.45) is 10.7 Å². The predicted molar refractivity (Wildman–Crippen MR) is 106 cm³/mol. The fourth-order valence-electron chi connectivity index (χ4n) is 2.64. The van der Waals surface area contributed by atoms with Crippen LogP contribution in [0.25, 0.3) is 0 Å². The van der Waals surface area contributed by atoms with Gasteiger partial charge >= 0.3 is 0 Å². The number of morpholine rings is 1. The Bertz CT molecular complexity index is 492. The average Bonchev–Trinajstić information content (AvgIpc) is 2.58. The Morgan fingerprint density at radius 2 is 2.00 bits per heavy atom. The number of hydrogen-bond donors (Lipinski definition) is 2. The van der Waals surface area contributed by atoms with Crippen molar-refractivity contribution in [3.05, 3.63) is 35.6 Å². The van der Waals surface area contributed by atoms with Crippen LogP contribution in [0.4, 0.5) is 4.39 Å². The molecule has 1 heterocycles. The number of guanidine groups is 1. The van der Waals surface area contributed by atoms with Gasteiger partial charge in [-0.2, -0.15) is 0 Å². The maximum Gasteiger partial charge on any atom is 0.188 e. The predicted octanol–water partition coefficient (Wildman–Crippen LogP) is 2.52. The first-order chi connectivity index (χ1) is 11.2. The van der Waals surface area contributed by atoms with Crippen LogP contribution in [0.15, 0.2) is 29.3 Å². The molecule has 1 aliphatic heterocycles. The number of ether oxygens (including phenoxy) is 1. The normalized spacial score (nSPS) is 17.2. The molecular formula is C17H28FIN4O. The van der Waals surface area contributed by atoms with Crippen molar-refractivity contribution in [1.82, 2.24) is 10.2 Å². The molecule has 1 fully saturated rings. The van der Waals surface area contributed by atoms with Crippen LogP contribution in [0.5, 0.6) is 0 Å². The molecule has 0 amide bonds. The Labute approximate surface area is 160 Å². The van der Waals surface area contributed by atoms with Crippen LogP contribution >= 0.6 is 24.0 Å². The van der Waals surface area contributed by atoms with Crippen LogP contribution in [-0.2, 0) is 4.74 Å². The summed E-state index contributed by atoms with van der Waals surface area (Å²) >= 11 is 0. The van der Waals surface area contributed by atoms with E-state index in [0.29, 0.717) is 25.7 Å². The van der Waals surface area contributed by atoms with Gasteiger partial charge in [0.05, 0.1) is 25.8 Å². The van der Waals surface area contributed by atoms with Gasteiger partial charge in [-0.1, -0.05) is 25.5 Å². The molecule has 0 aromatic heterocycles. The van der Waals surface area contributed by atoms with E-state index in [-0.39, 0.29) is 35.8 Å². The lowest BCUT2D eigenvalue weighted by molar-refractivity contribution is 0.0179. The smallest absolute Gasteiger partial charge is 0.188 e. The number of nitrogens with one attached hydrogen (secondary N) is 1. The second kappa shape index (κ2) is 11.6. The van der Waals surface area contributed by atoms with Gasteiger partial charge in [0.15, 0.2) is 5.96 Å². The molecule has 1 unspecified atom stereocenters. The second-order valence-corrected chi connectivity index (χ2v) is 5.72. The van der Waals surface area contributed by atoms with E-state index < -0.39 is 0 Å². The molecule has 0 radical (unpaired) electrons. The van der Waals surface area contributed by atoms with Gasteiger partial charge in [0, 0.05) is 19.6 Å². The van der Waals surface area contributed by atoms with Crippen molar-refractivity contribution in [1.29, 1.82) is 0 Å². The molecule has 0 spiro atoms. The van der Waals surface area contributed by atoms with Gasteiger partial charge < -0.3 is 15.8 Å². The molecule has 5 nitrogen and oxygen atoms in total. The molecule has 1 aromatic rings. The standard InChI is InChI=1S/C17H27FN4O.HI/c1-2-3-8-20-17(19)21-13-16(22-9-11-23-12-10-22)14-4-6-15(18)7-5-14;/h4-7,16H,2-3,8-13H2,1H3,(H3,19,20,21);1H. The van der Waals surface area contributed by atoms with E-state index in [1.807, 2.05) is 12.1 Å². The van der Waals surface area contributed by atoms with Crippen molar-refractivity contribution in [3.63, 3.8) is 0 Å². The Hall–Kier alpha value is -0.930. The number of unbranched alkanes of at least 4 members (excludes halogenated alkanes) is 1. The zero-order valence-electron chi connectivity index (χ0n) is 14.2. The lowest BCUT2D eigenvalue weighted by atomic mass is 10.0. The number of rotatable bonds is 7. The summed E-state index contributed by atoms with van der Waals surface area (Å²) in [5.41, 5.74) is 6.98. The van der Waals surface area contributed by atoms with Crippen LogP contribution in [-0.4, -0.2) is 50.3 Å².